The van der Waals surface area contributed by atoms with Crippen LogP contribution in [0.3, 0.4) is 0 Å². The maximum absolute atomic E-state index is 13.3. The first-order valence-corrected chi connectivity index (χ1v) is 6.52. The zero-order chi connectivity index (χ0) is 12.8. The number of hydrogen-bond acceptors (Lipinski definition) is 2. The fourth-order valence-electron chi connectivity index (χ4n) is 2.22. The summed E-state index contributed by atoms with van der Waals surface area (Å²) in [4.78, 5) is 11.8. The Balaban J connectivity index is 0.00000180. The summed E-state index contributed by atoms with van der Waals surface area (Å²) in [6.45, 7) is 1.39. The predicted octanol–water partition coefficient (Wildman–Crippen LogP) is 2.05. The fourth-order valence-corrected chi connectivity index (χ4v) is 2.22. The van der Waals surface area contributed by atoms with Crippen molar-refractivity contribution in [2.24, 2.45) is 0 Å². The lowest BCUT2D eigenvalue weighted by Crippen LogP contribution is -2.47. The second-order valence-electron chi connectivity index (χ2n) is 4.63. The molecule has 0 aromatic heterocycles. The van der Waals surface area contributed by atoms with E-state index in [4.69, 9.17) is 0 Å². The quantitative estimate of drug-likeness (QED) is 0.889. The lowest BCUT2D eigenvalue weighted by molar-refractivity contribution is -0.123. The van der Waals surface area contributed by atoms with Gasteiger partial charge in [0, 0.05) is 6.54 Å². The summed E-state index contributed by atoms with van der Waals surface area (Å²) in [7, 11) is 0. The van der Waals surface area contributed by atoms with Crippen LogP contribution in [0.4, 0.5) is 4.39 Å². The Morgan fingerprint density at radius 2 is 2.16 bits per heavy atom. The summed E-state index contributed by atoms with van der Waals surface area (Å²) in [5, 5.41) is 6.05. The first-order chi connectivity index (χ1) is 8.77. The van der Waals surface area contributed by atoms with Crippen LogP contribution in [0.2, 0.25) is 0 Å². The van der Waals surface area contributed by atoms with Gasteiger partial charge in [-0.2, -0.15) is 0 Å². The third kappa shape index (κ3) is 4.80. The molecule has 1 aromatic carbocycles. The summed E-state index contributed by atoms with van der Waals surface area (Å²) >= 11 is 0. The summed E-state index contributed by atoms with van der Waals surface area (Å²) in [6, 6.07) is 6.60. The van der Waals surface area contributed by atoms with Crippen LogP contribution in [-0.4, -0.2) is 25.0 Å². The molecule has 0 unspecified atom stereocenters. The van der Waals surface area contributed by atoms with Gasteiger partial charge in [-0.1, -0.05) is 24.6 Å². The van der Waals surface area contributed by atoms with Crippen molar-refractivity contribution in [3.8, 4) is 0 Å². The molecule has 1 aliphatic rings. The second-order valence-corrected chi connectivity index (χ2v) is 4.63. The van der Waals surface area contributed by atoms with Crippen molar-refractivity contribution in [3.63, 3.8) is 0 Å². The van der Waals surface area contributed by atoms with Gasteiger partial charge in [0.2, 0.25) is 5.91 Å². The first-order valence-electron chi connectivity index (χ1n) is 6.52. The van der Waals surface area contributed by atoms with E-state index in [1.54, 1.807) is 12.1 Å². The van der Waals surface area contributed by atoms with Crippen molar-refractivity contribution < 1.29 is 9.18 Å². The van der Waals surface area contributed by atoms with Crippen molar-refractivity contribution in [2.75, 3.05) is 13.1 Å². The summed E-state index contributed by atoms with van der Waals surface area (Å²) < 4.78 is 13.3. The molecule has 0 bridgehead atoms. The number of amides is 1. The molecule has 1 heterocycles. The molecule has 0 spiro atoms. The highest BCUT2D eigenvalue weighted by Crippen LogP contribution is 2.08. The number of halogens is 2. The van der Waals surface area contributed by atoms with Crippen LogP contribution in [0.1, 0.15) is 24.8 Å². The first kappa shape index (κ1) is 15.9. The molecule has 5 heteroatoms. The predicted molar refractivity (Wildman–Crippen MR) is 76.0 cm³/mol. The van der Waals surface area contributed by atoms with Crippen LogP contribution in [0.15, 0.2) is 24.3 Å². The molecule has 2 rings (SSSR count). The van der Waals surface area contributed by atoms with E-state index in [9.17, 15) is 9.18 Å². The van der Waals surface area contributed by atoms with E-state index < -0.39 is 0 Å². The number of piperidine rings is 1. The van der Waals surface area contributed by atoms with E-state index >= 15 is 0 Å². The normalized spacial score (nSPS) is 18.5. The number of carbonyl (C=O) groups excluding carboxylic acids is 1. The molecule has 0 saturated carbocycles. The van der Waals surface area contributed by atoms with Crippen molar-refractivity contribution in [1.29, 1.82) is 0 Å². The Bertz CT molecular complexity index is 408. The van der Waals surface area contributed by atoms with Crippen molar-refractivity contribution in [3.05, 3.63) is 35.6 Å². The van der Waals surface area contributed by atoms with Crippen LogP contribution in [0, 0.1) is 5.82 Å². The highest BCUT2D eigenvalue weighted by molar-refractivity contribution is 5.85. The number of hydrogen-bond donors (Lipinski definition) is 2. The van der Waals surface area contributed by atoms with Crippen molar-refractivity contribution in [2.45, 2.75) is 31.7 Å². The molecule has 1 aliphatic heterocycles. The van der Waals surface area contributed by atoms with Gasteiger partial charge in [0.15, 0.2) is 0 Å². The van der Waals surface area contributed by atoms with Gasteiger partial charge >= 0.3 is 0 Å². The second kappa shape index (κ2) is 8.12. The number of rotatable bonds is 4. The molecule has 1 atom stereocenters. The van der Waals surface area contributed by atoms with Crippen LogP contribution >= 0.6 is 12.4 Å². The van der Waals surface area contributed by atoms with Gasteiger partial charge in [-0.15, -0.1) is 12.4 Å². The average molecular weight is 287 g/mol. The monoisotopic (exact) mass is 286 g/mol. The van der Waals surface area contributed by atoms with Crippen molar-refractivity contribution in [1.82, 2.24) is 10.6 Å². The molecule has 0 aliphatic carbocycles. The lowest BCUT2D eigenvalue weighted by atomic mass is 10.0. The van der Waals surface area contributed by atoms with Gasteiger partial charge < -0.3 is 10.6 Å². The molecule has 106 valence electrons. The van der Waals surface area contributed by atoms with Crippen LogP contribution in [-0.2, 0) is 11.2 Å². The van der Waals surface area contributed by atoms with E-state index in [1.165, 1.54) is 6.07 Å². The molecular weight excluding hydrogens is 267 g/mol. The Morgan fingerprint density at radius 3 is 2.84 bits per heavy atom. The van der Waals surface area contributed by atoms with Gasteiger partial charge in [0.25, 0.3) is 0 Å². The van der Waals surface area contributed by atoms with E-state index in [-0.39, 0.29) is 30.2 Å². The summed E-state index contributed by atoms with van der Waals surface area (Å²) in [5.41, 5.74) is 0.648. The Labute approximate surface area is 119 Å². The van der Waals surface area contributed by atoms with E-state index in [1.807, 2.05) is 6.07 Å². The standard InChI is InChI=1S/C14H19FN2O.ClH/c15-12-6-2-1-5-11(12)8-10-17-14(18)13-7-3-4-9-16-13;/h1-2,5-6,13,16H,3-4,7-10H2,(H,17,18);1H/t13-;/m1./s1. The molecule has 0 radical (unpaired) electrons. The van der Waals surface area contributed by atoms with E-state index in [0.717, 1.165) is 25.8 Å². The highest BCUT2D eigenvalue weighted by Gasteiger charge is 2.19. The van der Waals surface area contributed by atoms with Gasteiger partial charge in [0.1, 0.15) is 5.82 Å². The Morgan fingerprint density at radius 1 is 1.37 bits per heavy atom. The highest BCUT2D eigenvalue weighted by atomic mass is 35.5. The molecule has 1 saturated heterocycles. The molecule has 3 nitrogen and oxygen atoms in total. The average Bonchev–Trinajstić information content (AvgIpc) is 2.42. The minimum Gasteiger partial charge on any atom is -0.354 e. The molecule has 1 aromatic rings. The van der Waals surface area contributed by atoms with Crippen LogP contribution in [0.25, 0.3) is 0 Å². The fraction of sp³-hybridized carbons (Fsp3) is 0.500. The van der Waals surface area contributed by atoms with Crippen molar-refractivity contribution >= 4 is 18.3 Å². The maximum Gasteiger partial charge on any atom is 0.237 e. The van der Waals surface area contributed by atoms with E-state index in [0.29, 0.717) is 18.5 Å². The number of benzene rings is 1. The van der Waals surface area contributed by atoms with Gasteiger partial charge in [-0.25, -0.2) is 4.39 Å². The Hall–Kier alpha value is -1.13. The van der Waals surface area contributed by atoms with Crippen LogP contribution < -0.4 is 10.6 Å². The summed E-state index contributed by atoms with van der Waals surface area (Å²) in [6.07, 6.45) is 3.66. The molecule has 1 fully saturated rings. The van der Waals surface area contributed by atoms with Gasteiger partial charge in [-0.05, 0) is 37.4 Å². The van der Waals surface area contributed by atoms with Crippen LogP contribution in [0.5, 0.6) is 0 Å². The number of nitrogens with one attached hydrogen (secondary N) is 2. The SMILES string of the molecule is Cl.O=C(NCCc1ccccc1F)[C@H]1CCCCN1. The molecule has 19 heavy (non-hydrogen) atoms. The third-order valence-corrected chi connectivity index (χ3v) is 3.28. The molecule has 1 amide bonds. The van der Waals surface area contributed by atoms with Gasteiger partial charge in [-0.3, -0.25) is 4.79 Å². The molecule has 2 N–H and O–H groups in total. The van der Waals surface area contributed by atoms with Gasteiger partial charge in [0.05, 0.1) is 6.04 Å². The maximum atomic E-state index is 13.3. The smallest absolute Gasteiger partial charge is 0.237 e. The minimum absolute atomic E-state index is 0. The third-order valence-electron chi connectivity index (χ3n) is 3.28. The molecular formula is C14H20ClFN2O. The van der Waals surface area contributed by atoms with E-state index in [2.05, 4.69) is 10.6 Å². The zero-order valence-electron chi connectivity index (χ0n) is 10.8. The largest absolute Gasteiger partial charge is 0.354 e. The topological polar surface area (TPSA) is 41.1 Å². The zero-order valence-corrected chi connectivity index (χ0v) is 11.6. The lowest BCUT2D eigenvalue weighted by Gasteiger charge is -2.22. The number of carbonyl (C=O) groups is 1. The summed E-state index contributed by atoms with van der Waals surface area (Å²) in [5.74, 6) is -0.173. The Kier molecular flexibility index (Phi) is 6.81. The minimum atomic E-state index is -0.206.